The third kappa shape index (κ3) is 3.05. The lowest BCUT2D eigenvalue weighted by Crippen LogP contribution is -2.35. The summed E-state index contributed by atoms with van der Waals surface area (Å²) in [5.41, 5.74) is 0.943. The highest BCUT2D eigenvalue weighted by molar-refractivity contribution is 6.65. The SMILES string of the molecule is CC(C)(C)c1cc(C2(C(=O)Cl)CCCCC2)ccc1C(=O)O. The van der Waals surface area contributed by atoms with E-state index < -0.39 is 11.4 Å². The smallest absolute Gasteiger partial charge is 0.335 e. The minimum atomic E-state index is -0.939. The quantitative estimate of drug-likeness (QED) is 0.824. The van der Waals surface area contributed by atoms with Gasteiger partial charge in [0.1, 0.15) is 0 Å². The van der Waals surface area contributed by atoms with Crippen LogP contribution in [0.15, 0.2) is 18.2 Å². The standard InChI is InChI=1S/C18H23ClO3/c1-17(2,3)14-11-12(7-8-13(14)15(20)21)18(16(19)22)9-5-4-6-10-18/h7-8,11H,4-6,9-10H2,1-3H3,(H,20,21). The van der Waals surface area contributed by atoms with Crippen molar-refractivity contribution in [3.05, 3.63) is 34.9 Å². The van der Waals surface area contributed by atoms with Gasteiger partial charge in [0.2, 0.25) is 5.24 Å². The lowest BCUT2D eigenvalue weighted by molar-refractivity contribution is -0.117. The number of carbonyl (C=O) groups excluding carboxylic acids is 1. The van der Waals surface area contributed by atoms with Crippen LogP contribution in [0.25, 0.3) is 0 Å². The fourth-order valence-electron chi connectivity index (χ4n) is 3.40. The summed E-state index contributed by atoms with van der Waals surface area (Å²) < 4.78 is 0. The van der Waals surface area contributed by atoms with Gasteiger partial charge in [-0.15, -0.1) is 0 Å². The Morgan fingerprint density at radius 1 is 1.14 bits per heavy atom. The number of aromatic carboxylic acids is 1. The molecule has 3 nitrogen and oxygen atoms in total. The third-order valence-corrected chi connectivity index (χ3v) is 5.06. The molecule has 1 fully saturated rings. The van der Waals surface area contributed by atoms with Crippen molar-refractivity contribution in [2.24, 2.45) is 0 Å². The number of halogens is 1. The predicted molar refractivity (Wildman–Crippen MR) is 87.7 cm³/mol. The Balaban J connectivity index is 2.60. The predicted octanol–water partition coefficient (Wildman–Crippen LogP) is 4.65. The Kier molecular flexibility index (Phi) is 4.67. The van der Waals surface area contributed by atoms with Crippen LogP contribution >= 0.6 is 11.6 Å². The summed E-state index contributed by atoms with van der Waals surface area (Å²) in [7, 11) is 0. The summed E-state index contributed by atoms with van der Waals surface area (Å²) in [6.07, 6.45) is 4.55. The summed E-state index contributed by atoms with van der Waals surface area (Å²) in [5, 5.41) is 9.09. The van der Waals surface area contributed by atoms with Crippen LogP contribution in [0.5, 0.6) is 0 Å². The van der Waals surface area contributed by atoms with Crippen molar-refractivity contribution >= 4 is 22.8 Å². The van der Waals surface area contributed by atoms with Gasteiger partial charge in [0.15, 0.2) is 0 Å². The lowest BCUT2D eigenvalue weighted by Gasteiger charge is -2.35. The highest BCUT2D eigenvalue weighted by atomic mass is 35.5. The van der Waals surface area contributed by atoms with Crippen molar-refractivity contribution in [3.8, 4) is 0 Å². The number of carboxylic acid groups (broad SMARTS) is 1. The van der Waals surface area contributed by atoms with Crippen molar-refractivity contribution in [2.45, 2.75) is 63.7 Å². The van der Waals surface area contributed by atoms with Gasteiger partial charge in [0, 0.05) is 0 Å². The van der Waals surface area contributed by atoms with E-state index in [-0.39, 0.29) is 10.7 Å². The lowest BCUT2D eigenvalue weighted by atomic mass is 9.69. The summed E-state index contributed by atoms with van der Waals surface area (Å²) in [4.78, 5) is 23.6. The fraction of sp³-hybridized carbons (Fsp3) is 0.556. The second-order valence-corrected chi connectivity index (χ2v) is 7.58. The van der Waals surface area contributed by atoms with Crippen LogP contribution in [0.1, 0.15) is 74.4 Å². The normalized spacial score (nSPS) is 18.0. The molecule has 0 unspecified atom stereocenters. The highest BCUT2D eigenvalue weighted by Gasteiger charge is 2.41. The summed E-state index contributed by atoms with van der Waals surface area (Å²) >= 11 is 5.96. The van der Waals surface area contributed by atoms with Crippen molar-refractivity contribution in [1.29, 1.82) is 0 Å². The van der Waals surface area contributed by atoms with Crippen molar-refractivity contribution in [3.63, 3.8) is 0 Å². The van der Waals surface area contributed by atoms with E-state index in [9.17, 15) is 14.7 Å². The first-order chi connectivity index (χ1) is 10.2. The van der Waals surface area contributed by atoms with E-state index in [0.29, 0.717) is 5.56 Å². The van der Waals surface area contributed by atoms with Crippen LogP contribution in [0.4, 0.5) is 0 Å². The van der Waals surface area contributed by atoms with E-state index in [2.05, 4.69) is 0 Å². The van der Waals surface area contributed by atoms with Crippen LogP contribution < -0.4 is 0 Å². The van der Waals surface area contributed by atoms with Gasteiger partial charge in [-0.25, -0.2) is 4.79 Å². The van der Waals surface area contributed by atoms with Gasteiger partial charge >= 0.3 is 5.97 Å². The van der Waals surface area contributed by atoms with Crippen molar-refractivity contribution < 1.29 is 14.7 Å². The number of hydrogen-bond acceptors (Lipinski definition) is 2. The molecule has 0 atom stereocenters. The monoisotopic (exact) mass is 322 g/mol. The zero-order valence-electron chi connectivity index (χ0n) is 13.4. The molecule has 1 N–H and O–H groups in total. The molecule has 0 heterocycles. The molecule has 4 heteroatoms. The van der Waals surface area contributed by atoms with E-state index in [1.165, 1.54) is 0 Å². The van der Waals surface area contributed by atoms with Crippen molar-refractivity contribution in [1.82, 2.24) is 0 Å². The third-order valence-electron chi connectivity index (χ3n) is 4.69. The van der Waals surface area contributed by atoms with Gasteiger partial charge in [0.05, 0.1) is 11.0 Å². The molecule has 2 rings (SSSR count). The molecule has 1 aliphatic carbocycles. The molecule has 120 valence electrons. The minimum Gasteiger partial charge on any atom is -0.478 e. The van der Waals surface area contributed by atoms with Crippen LogP contribution in [0.2, 0.25) is 0 Å². The Morgan fingerprint density at radius 2 is 1.73 bits per heavy atom. The minimum absolute atomic E-state index is 0.296. The van der Waals surface area contributed by atoms with E-state index in [1.54, 1.807) is 12.1 Å². The van der Waals surface area contributed by atoms with E-state index in [1.807, 2.05) is 26.8 Å². The zero-order valence-corrected chi connectivity index (χ0v) is 14.2. The maximum Gasteiger partial charge on any atom is 0.335 e. The number of hydrogen-bond donors (Lipinski definition) is 1. The first-order valence-corrected chi connectivity index (χ1v) is 8.14. The molecule has 1 aromatic rings. The Hall–Kier alpha value is -1.35. The molecule has 0 saturated heterocycles. The molecule has 0 bridgehead atoms. The average molecular weight is 323 g/mol. The van der Waals surface area contributed by atoms with E-state index in [0.717, 1.165) is 43.2 Å². The van der Waals surface area contributed by atoms with Gasteiger partial charge in [-0.05, 0) is 47.1 Å². The largest absolute Gasteiger partial charge is 0.478 e. The number of carbonyl (C=O) groups is 2. The van der Waals surface area contributed by atoms with Gasteiger partial charge in [-0.3, -0.25) is 4.79 Å². The maximum atomic E-state index is 12.2. The molecular weight excluding hydrogens is 300 g/mol. The van der Waals surface area contributed by atoms with Gasteiger partial charge < -0.3 is 5.11 Å². The first kappa shape index (κ1) is 17.0. The second kappa shape index (κ2) is 6.04. The molecule has 0 amide bonds. The Labute approximate surface area is 136 Å². The Bertz CT molecular complexity index is 593. The van der Waals surface area contributed by atoms with Crippen LogP contribution in [-0.4, -0.2) is 16.3 Å². The Morgan fingerprint density at radius 3 is 2.18 bits per heavy atom. The number of carboxylic acids is 1. The number of rotatable bonds is 3. The van der Waals surface area contributed by atoms with Gasteiger partial charge in [-0.1, -0.05) is 52.2 Å². The molecule has 0 aromatic heterocycles. The van der Waals surface area contributed by atoms with Crippen LogP contribution in [0.3, 0.4) is 0 Å². The van der Waals surface area contributed by atoms with Crippen LogP contribution in [0, 0.1) is 0 Å². The van der Waals surface area contributed by atoms with E-state index >= 15 is 0 Å². The maximum absolute atomic E-state index is 12.2. The molecule has 0 aliphatic heterocycles. The summed E-state index contributed by atoms with van der Waals surface area (Å²) in [5.74, 6) is -0.939. The topological polar surface area (TPSA) is 54.4 Å². The average Bonchev–Trinajstić information content (AvgIpc) is 2.46. The van der Waals surface area contributed by atoms with E-state index in [4.69, 9.17) is 11.6 Å². The number of benzene rings is 1. The highest BCUT2D eigenvalue weighted by Crippen LogP contribution is 2.43. The second-order valence-electron chi connectivity index (χ2n) is 7.23. The molecule has 0 spiro atoms. The van der Waals surface area contributed by atoms with Gasteiger partial charge in [-0.2, -0.15) is 0 Å². The molecular formula is C18H23ClO3. The molecule has 22 heavy (non-hydrogen) atoms. The first-order valence-electron chi connectivity index (χ1n) is 7.77. The van der Waals surface area contributed by atoms with Crippen molar-refractivity contribution in [2.75, 3.05) is 0 Å². The fourth-order valence-corrected chi connectivity index (χ4v) is 3.70. The molecule has 1 saturated carbocycles. The molecule has 1 aromatic carbocycles. The molecule has 0 radical (unpaired) electrons. The summed E-state index contributed by atoms with van der Waals surface area (Å²) in [6.45, 7) is 5.94. The molecule has 1 aliphatic rings. The van der Waals surface area contributed by atoms with Crippen LogP contribution in [-0.2, 0) is 15.6 Å². The summed E-state index contributed by atoms with van der Waals surface area (Å²) in [6, 6.07) is 5.27. The zero-order chi connectivity index (χ0) is 16.5. The van der Waals surface area contributed by atoms with Gasteiger partial charge in [0.25, 0.3) is 0 Å².